The normalized spacial score (nSPS) is 11.4. The molecule has 0 saturated heterocycles. The fourth-order valence-corrected chi connectivity index (χ4v) is 1.73. The first kappa shape index (κ1) is 15.3. The van der Waals surface area contributed by atoms with Gasteiger partial charge in [0.15, 0.2) is 0 Å². The van der Waals surface area contributed by atoms with Crippen LogP contribution in [-0.2, 0) is 0 Å². The maximum Gasteiger partial charge on any atom is 0.389 e. The molecule has 0 amide bonds. The van der Waals surface area contributed by atoms with E-state index in [4.69, 9.17) is 5.11 Å². The first-order valence-corrected chi connectivity index (χ1v) is 5.73. The second-order valence-corrected chi connectivity index (χ2v) is 4.25. The number of aromatic nitrogens is 1. The van der Waals surface area contributed by atoms with Crippen molar-refractivity contribution in [3.63, 3.8) is 0 Å². The van der Waals surface area contributed by atoms with Gasteiger partial charge in [0, 0.05) is 18.7 Å². The summed E-state index contributed by atoms with van der Waals surface area (Å²) in [5, 5.41) is 11.7. The molecule has 1 heterocycles. The molecule has 0 aliphatic rings. The van der Waals surface area contributed by atoms with Gasteiger partial charge in [-0.05, 0) is 31.9 Å². The van der Waals surface area contributed by atoms with Gasteiger partial charge in [-0.2, -0.15) is 13.2 Å². The lowest BCUT2D eigenvalue weighted by Crippen LogP contribution is -2.14. The number of carboxylic acids is 1. The molecule has 0 atom stereocenters. The van der Waals surface area contributed by atoms with E-state index in [2.05, 4.69) is 10.3 Å². The van der Waals surface area contributed by atoms with Gasteiger partial charge in [-0.25, -0.2) is 9.78 Å². The Morgan fingerprint density at radius 3 is 2.58 bits per heavy atom. The zero-order valence-corrected chi connectivity index (χ0v) is 10.6. The quantitative estimate of drug-likeness (QED) is 0.811. The van der Waals surface area contributed by atoms with Gasteiger partial charge in [-0.1, -0.05) is 0 Å². The van der Waals surface area contributed by atoms with Gasteiger partial charge in [0.25, 0.3) is 0 Å². The van der Waals surface area contributed by atoms with Crippen LogP contribution in [0, 0.1) is 13.8 Å². The third-order valence-corrected chi connectivity index (χ3v) is 2.49. The van der Waals surface area contributed by atoms with Crippen LogP contribution >= 0.6 is 0 Å². The SMILES string of the molecule is Cc1cc(C)c(C(=O)O)c(NCCCC(F)(F)F)n1. The molecule has 0 radical (unpaired) electrons. The molecule has 0 aliphatic carbocycles. The number of hydrogen-bond acceptors (Lipinski definition) is 3. The van der Waals surface area contributed by atoms with Gasteiger partial charge in [0.05, 0.1) is 0 Å². The Labute approximate surface area is 108 Å². The van der Waals surface area contributed by atoms with E-state index in [0.29, 0.717) is 11.3 Å². The van der Waals surface area contributed by atoms with Gasteiger partial charge in [0.2, 0.25) is 0 Å². The minimum atomic E-state index is -4.20. The highest BCUT2D eigenvalue weighted by atomic mass is 19.4. The molecule has 0 unspecified atom stereocenters. The average Bonchev–Trinajstić information content (AvgIpc) is 2.21. The number of hydrogen-bond donors (Lipinski definition) is 2. The molecule has 2 N–H and O–H groups in total. The Balaban J connectivity index is 2.75. The third-order valence-electron chi connectivity index (χ3n) is 2.49. The maximum absolute atomic E-state index is 12.0. The molecular formula is C12H15F3N2O2. The lowest BCUT2D eigenvalue weighted by atomic mass is 10.1. The molecule has 0 fully saturated rings. The van der Waals surface area contributed by atoms with Crippen LogP contribution < -0.4 is 5.32 Å². The summed E-state index contributed by atoms with van der Waals surface area (Å²) in [6.45, 7) is 3.34. The number of nitrogens with zero attached hydrogens (tertiary/aromatic N) is 1. The van der Waals surface area contributed by atoms with Crippen molar-refractivity contribution in [2.75, 3.05) is 11.9 Å². The molecule has 4 nitrogen and oxygen atoms in total. The summed E-state index contributed by atoms with van der Waals surface area (Å²) in [6, 6.07) is 1.62. The smallest absolute Gasteiger partial charge is 0.389 e. The van der Waals surface area contributed by atoms with Crippen LogP contribution in [0.15, 0.2) is 6.07 Å². The van der Waals surface area contributed by atoms with Gasteiger partial charge < -0.3 is 10.4 Å². The van der Waals surface area contributed by atoms with Gasteiger partial charge in [-0.3, -0.25) is 0 Å². The molecule has 0 bridgehead atoms. The van der Waals surface area contributed by atoms with Crippen LogP contribution in [0.25, 0.3) is 0 Å². The number of aromatic carboxylic acids is 1. The Morgan fingerprint density at radius 2 is 2.05 bits per heavy atom. The summed E-state index contributed by atoms with van der Waals surface area (Å²) in [7, 11) is 0. The average molecular weight is 276 g/mol. The highest BCUT2D eigenvalue weighted by Gasteiger charge is 2.26. The van der Waals surface area contributed by atoms with Crippen LogP contribution in [0.3, 0.4) is 0 Å². The van der Waals surface area contributed by atoms with E-state index in [-0.39, 0.29) is 24.3 Å². The minimum Gasteiger partial charge on any atom is -0.478 e. The monoisotopic (exact) mass is 276 g/mol. The molecule has 19 heavy (non-hydrogen) atoms. The molecule has 106 valence electrons. The molecule has 0 spiro atoms. The lowest BCUT2D eigenvalue weighted by molar-refractivity contribution is -0.134. The van der Waals surface area contributed by atoms with E-state index in [9.17, 15) is 18.0 Å². The predicted octanol–water partition coefficient (Wildman–Crippen LogP) is 3.15. The number of carboxylic acid groups (broad SMARTS) is 1. The van der Waals surface area contributed by atoms with Gasteiger partial charge >= 0.3 is 12.1 Å². The van der Waals surface area contributed by atoms with Gasteiger partial charge in [0.1, 0.15) is 11.4 Å². The number of pyridine rings is 1. The van der Waals surface area contributed by atoms with Crippen LogP contribution in [0.5, 0.6) is 0 Å². The van der Waals surface area contributed by atoms with E-state index >= 15 is 0 Å². The van der Waals surface area contributed by atoms with E-state index in [0.717, 1.165) is 0 Å². The number of rotatable bonds is 5. The van der Waals surface area contributed by atoms with Crippen LogP contribution in [-0.4, -0.2) is 28.8 Å². The fraction of sp³-hybridized carbons (Fsp3) is 0.500. The summed E-state index contributed by atoms with van der Waals surface area (Å²) < 4.78 is 35.9. The van der Waals surface area contributed by atoms with Crippen LogP contribution in [0.4, 0.5) is 19.0 Å². The Kier molecular flexibility index (Phi) is 4.74. The zero-order chi connectivity index (χ0) is 14.6. The van der Waals surface area contributed by atoms with Crippen molar-refractivity contribution < 1.29 is 23.1 Å². The molecule has 0 aromatic carbocycles. The third kappa shape index (κ3) is 4.76. The van der Waals surface area contributed by atoms with Crippen LogP contribution in [0.1, 0.15) is 34.5 Å². The summed E-state index contributed by atoms with van der Waals surface area (Å²) in [5.74, 6) is -1.03. The van der Waals surface area contributed by atoms with Crippen molar-refractivity contribution in [1.29, 1.82) is 0 Å². The number of alkyl halides is 3. The summed E-state index contributed by atoms with van der Waals surface area (Å²) in [4.78, 5) is 15.1. The lowest BCUT2D eigenvalue weighted by Gasteiger charge is -2.12. The van der Waals surface area contributed by atoms with Crippen molar-refractivity contribution in [3.05, 3.63) is 22.9 Å². The number of halogens is 3. The topological polar surface area (TPSA) is 62.2 Å². The van der Waals surface area contributed by atoms with Crippen molar-refractivity contribution in [2.45, 2.75) is 32.9 Å². The molecule has 1 aromatic heterocycles. The number of anilines is 1. The Bertz CT molecular complexity index is 473. The molecule has 7 heteroatoms. The van der Waals surface area contributed by atoms with Crippen molar-refractivity contribution in [3.8, 4) is 0 Å². The van der Waals surface area contributed by atoms with Crippen molar-refractivity contribution >= 4 is 11.8 Å². The number of nitrogens with one attached hydrogen (secondary N) is 1. The van der Waals surface area contributed by atoms with Crippen LogP contribution in [0.2, 0.25) is 0 Å². The standard InChI is InChI=1S/C12H15F3N2O2/c1-7-6-8(2)17-10(9(7)11(18)19)16-5-3-4-12(13,14)15/h6H,3-5H2,1-2H3,(H,16,17)(H,18,19). The van der Waals surface area contributed by atoms with Crippen molar-refractivity contribution in [2.24, 2.45) is 0 Å². The summed E-state index contributed by atoms with van der Waals surface area (Å²) >= 11 is 0. The minimum absolute atomic E-state index is 0.00221. The first-order valence-electron chi connectivity index (χ1n) is 5.73. The van der Waals surface area contributed by atoms with E-state index in [1.165, 1.54) is 0 Å². The molecule has 0 aliphatic heterocycles. The van der Waals surface area contributed by atoms with E-state index in [1.807, 2.05) is 0 Å². The second kappa shape index (κ2) is 5.90. The van der Waals surface area contributed by atoms with Crippen molar-refractivity contribution in [1.82, 2.24) is 4.98 Å². The second-order valence-electron chi connectivity index (χ2n) is 4.25. The fourth-order valence-electron chi connectivity index (χ4n) is 1.73. The molecule has 1 aromatic rings. The Hall–Kier alpha value is -1.79. The van der Waals surface area contributed by atoms with E-state index in [1.54, 1.807) is 19.9 Å². The molecule has 0 saturated carbocycles. The van der Waals surface area contributed by atoms with E-state index < -0.39 is 18.6 Å². The number of aryl methyl sites for hydroxylation is 2. The first-order chi connectivity index (χ1) is 8.70. The largest absolute Gasteiger partial charge is 0.478 e. The van der Waals surface area contributed by atoms with Gasteiger partial charge in [-0.15, -0.1) is 0 Å². The summed E-state index contributed by atoms with van der Waals surface area (Å²) in [5.41, 5.74) is 1.14. The molecular weight excluding hydrogens is 261 g/mol. The summed E-state index contributed by atoms with van der Waals surface area (Å²) in [6.07, 6.45) is -5.24. The zero-order valence-electron chi connectivity index (χ0n) is 10.6. The number of carbonyl (C=O) groups is 1. The highest BCUT2D eigenvalue weighted by Crippen LogP contribution is 2.22. The molecule has 1 rings (SSSR count). The Morgan fingerprint density at radius 1 is 1.42 bits per heavy atom. The maximum atomic E-state index is 12.0. The highest BCUT2D eigenvalue weighted by molar-refractivity contribution is 5.94. The predicted molar refractivity (Wildman–Crippen MR) is 64.4 cm³/mol.